The summed E-state index contributed by atoms with van der Waals surface area (Å²) in [5.74, 6) is -3.26. The van der Waals surface area contributed by atoms with Crippen LogP contribution in [0.4, 0.5) is 29.6 Å². The molecule has 0 fully saturated rings. The molecule has 0 bridgehead atoms. The molecule has 0 saturated heterocycles. The molecule has 4 aromatic rings. The fourth-order valence-electron chi connectivity index (χ4n) is 3.07. The number of hydrogen-bond acceptors (Lipinski definition) is 5. The summed E-state index contributed by atoms with van der Waals surface area (Å²) in [6.07, 6.45) is 4.70. The van der Waals surface area contributed by atoms with Crippen molar-refractivity contribution in [3.05, 3.63) is 94.2 Å². The van der Waals surface area contributed by atoms with Gasteiger partial charge >= 0.3 is 6.03 Å². The topological polar surface area (TPSA) is 128 Å². The quantitative estimate of drug-likeness (QED) is 0.265. The summed E-state index contributed by atoms with van der Waals surface area (Å²) in [6.45, 7) is 1.19. The van der Waals surface area contributed by atoms with Gasteiger partial charge in [0.2, 0.25) is 5.95 Å². The second kappa shape index (κ2) is 10.0. The van der Waals surface area contributed by atoms with E-state index in [1.165, 1.54) is 6.20 Å². The average molecular weight is 469 g/mol. The molecule has 0 aliphatic carbocycles. The Morgan fingerprint density at radius 3 is 2.41 bits per heavy atom. The molecule has 0 radical (unpaired) electrons. The number of rotatable bonds is 7. The summed E-state index contributed by atoms with van der Waals surface area (Å²) in [6, 6.07) is 7.05. The summed E-state index contributed by atoms with van der Waals surface area (Å²) < 4.78 is 39.9. The van der Waals surface area contributed by atoms with Crippen molar-refractivity contribution in [1.29, 1.82) is 0 Å². The first-order chi connectivity index (χ1) is 16.4. The Morgan fingerprint density at radius 1 is 0.941 bits per heavy atom. The van der Waals surface area contributed by atoms with Gasteiger partial charge in [-0.3, -0.25) is 15.1 Å². The number of urea groups is 1. The lowest BCUT2D eigenvalue weighted by Crippen LogP contribution is -2.24. The average Bonchev–Trinajstić information content (AvgIpc) is 3.32. The minimum Gasteiger partial charge on any atom is -0.348 e. The number of carbonyl (C=O) groups excluding carboxylic acids is 1. The number of nitrogens with zero attached hydrogens (tertiary/aromatic N) is 2. The second-order valence-electron chi connectivity index (χ2n) is 7.14. The van der Waals surface area contributed by atoms with Gasteiger partial charge in [-0.05, 0) is 11.1 Å². The number of hydrogen-bond donors (Lipinski definition) is 5. The molecule has 34 heavy (non-hydrogen) atoms. The lowest BCUT2D eigenvalue weighted by atomic mass is 10.1. The van der Waals surface area contributed by atoms with Crippen molar-refractivity contribution in [1.82, 2.24) is 25.3 Å². The lowest BCUT2D eigenvalue weighted by molar-refractivity contribution is 0.262. The lowest BCUT2D eigenvalue weighted by Gasteiger charge is -2.09. The van der Waals surface area contributed by atoms with Crippen LogP contribution in [0.5, 0.6) is 0 Å². The first kappa shape index (κ1) is 22.7. The highest BCUT2D eigenvalue weighted by Gasteiger charge is 2.13. The van der Waals surface area contributed by atoms with E-state index in [4.69, 9.17) is 0 Å². The van der Waals surface area contributed by atoms with Gasteiger partial charge in [-0.2, -0.15) is 0 Å². The zero-order valence-corrected chi connectivity index (χ0v) is 17.5. The molecule has 2 amide bonds. The molecule has 0 unspecified atom stereocenters. The van der Waals surface area contributed by atoms with Crippen molar-refractivity contribution in [2.24, 2.45) is 0 Å². The van der Waals surface area contributed by atoms with Crippen LogP contribution in [0.3, 0.4) is 0 Å². The van der Waals surface area contributed by atoms with Gasteiger partial charge < -0.3 is 15.6 Å². The SMILES string of the molecule is O=C(Nc1ncc(-c2ccc(CNCc3ncc[nH]3)cc2)c(=O)[nH]1)Nc1cc(F)c(F)cc1F. The molecular formula is C22H18F3N7O2. The van der Waals surface area contributed by atoms with Crippen molar-refractivity contribution < 1.29 is 18.0 Å². The van der Waals surface area contributed by atoms with Crippen LogP contribution in [0.25, 0.3) is 11.1 Å². The summed E-state index contributed by atoms with van der Waals surface area (Å²) >= 11 is 0. The van der Waals surface area contributed by atoms with Gasteiger partial charge in [0, 0.05) is 37.3 Å². The maximum atomic E-state index is 13.7. The van der Waals surface area contributed by atoms with Crippen molar-refractivity contribution >= 4 is 17.7 Å². The van der Waals surface area contributed by atoms with E-state index in [9.17, 15) is 22.8 Å². The van der Waals surface area contributed by atoms with Gasteiger partial charge in [0.15, 0.2) is 11.6 Å². The zero-order chi connectivity index (χ0) is 24.1. The first-order valence-electron chi connectivity index (χ1n) is 9.99. The van der Waals surface area contributed by atoms with Gasteiger partial charge in [-0.25, -0.2) is 27.9 Å². The van der Waals surface area contributed by atoms with Gasteiger partial charge in [-0.15, -0.1) is 0 Å². The van der Waals surface area contributed by atoms with E-state index in [2.05, 4.69) is 30.6 Å². The van der Waals surface area contributed by atoms with Crippen molar-refractivity contribution in [2.75, 3.05) is 10.6 Å². The molecule has 9 nitrogen and oxygen atoms in total. The van der Waals surface area contributed by atoms with Crippen LogP contribution in [0.15, 0.2) is 59.8 Å². The van der Waals surface area contributed by atoms with Crippen molar-refractivity contribution in [2.45, 2.75) is 13.1 Å². The maximum absolute atomic E-state index is 13.7. The zero-order valence-electron chi connectivity index (χ0n) is 17.5. The van der Waals surface area contributed by atoms with Gasteiger partial charge in [0.05, 0.1) is 17.8 Å². The molecule has 0 aliphatic heterocycles. The van der Waals surface area contributed by atoms with Crippen molar-refractivity contribution in [3.8, 4) is 11.1 Å². The standard InChI is InChI=1S/C22H18F3N7O2/c23-15-7-17(25)18(8-16(15)24)30-22(34)32-21-29-10-14(20(33)31-21)13-3-1-12(2-4-13)9-26-11-19-27-5-6-28-19/h1-8,10,26H,9,11H2,(H,27,28)(H3,29,30,31,32,33,34). The van der Waals surface area contributed by atoms with Gasteiger partial charge in [0.25, 0.3) is 5.56 Å². The Kier molecular flexibility index (Phi) is 6.69. The number of carbonyl (C=O) groups is 1. The smallest absolute Gasteiger partial charge is 0.326 e. The molecule has 12 heteroatoms. The number of anilines is 2. The molecule has 2 heterocycles. The Bertz CT molecular complexity index is 1360. The molecule has 174 valence electrons. The number of nitrogens with one attached hydrogen (secondary N) is 5. The number of halogens is 3. The molecule has 0 spiro atoms. The molecule has 4 rings (SSSR count). The second-order valence-corrected chi connectivity index (χ2v) is 7.14. The van der Waals surface area contributed by atoms with E-state index in [1.54, 1.807) is 24.5 Å². The normalized spacial score (nSPS) is 10.8. The van der Waals surface area contributed by atoms with Crippen LogP contribution in [-0.2, 0) is 13.1 Å². The maximum Gasteiger partial charge on any atom is 0.326 e. The van der Waals surface area contributed by atoms with Gasteiger partial charge in [-0.1, -0.05) is 24.3 Å². The molecule has 0 aliphatic rings. The summed E-state index contributed by atoms with van der Waals surface area (Å²) in [5, 5.41) is 7.46. The Balaban J connectivity index is 1.37. The fraction of sp³-hybridized carbons (Fsp3) is 0.0909. The Hall–Kier alpha value is -4.45. The van der Waals surface area contributed by atoms with E-state index in [-0.39, 0.29) is 11.5 Å². The predicted molar refractivity (Wildman–Crippen MR) is 118 cm³/mol. The largest absolute Gasteiger partial charge is 0.348 e. The molecule has 5 N–H and O–H groups in total. The van der Waals surface area contributed by atoms with Crippen LogP contribution < -0.4 is 21.5 Å². The van der Waals surface area contributed by atoms with Crippen LogP contribution in [-0.4, -0.2) is 26.0 Å². The van der Waals surface area contributed by atoms with Crippen LogP contribution >= 0.6 is 0 Å². The Labute approximate surface area is 190 Å². The third kappa shape index (κ3) is 5.48. The number of amides is 2. The number of benzene rings is 2. The molecule has 0 saturated carbocycles. The van der Waals surface area contributed by atoms with E-state index >= 15 is 0 Å². The first-order valence-corrected chi connectivity index (χ1v) is 9.99. The molecule has 2 aromatic heterocycles. The van der Waals surface area contributed by atoms with Gasteiger partial charge in [0.1, 0.15) is 11.6 Å². The van der Waals surface area contributed by atoms with E-state index in [0.29, 0.717) is 30.8 Å². The molecular weight excluding hydrogens is 451 g/mol. The Morgan fingerprint density at radius 2 is 1.71 bits per heavy atom. The minimum atomic E-state index is -1.39. The number of aromatic nitrogens is 4. The van der Waals surface area contributed by atoms with E-state index in [1.807, 2.05) is 17.4 Å². The monoisotopic (exact) mass is 469 g/mol. The molecule has 2 aromatic carbocycles. The van der Waals surface area contributed by atoms with Crippen LogP contribution in [0, 0.1) is 17.5 Å². The highest BCUT2D eigenvalue weighted by atomic mass is 19.2. The van der Waals surface area contributed by atoms with E-state index < -0.39 is 34.7 Å². The highest BCUT2D eigenvalue weighted by molar-refractivity contribution is 5.98. The number of H-pyrrole nitrogens is 2. The fourth-order valence-corrected chi connectivity index (χ4v) is 3.07. The minimum absolute atomic E-state index is 0.215. The third-order valence-electron chi connectivity index (χ3n) is 4.73. The molecule has 0 atom stereocenters. The summed E-state index contributed by atoms with van der Waals surface area (Å²) in [7, 11) is 0. The predicted octanol–water partition coefficient (Wildman–Crippen LogP) is 3.51. The summed E-state index contributed by atoms with van der Waals surface area (Å²) in [4.78, 5) is 38.0. The third-order valence-corrected chi connectivity index (χ3v) is 4.73. The van der Waals surface area contributed by atoms with Crippen LogP contribution in [0.1, 0.15) is 11.4 Å². The highest BCUT2D eigenvalue weighted by Crippen LogP contribution is 2.19. The summed E-state index contributed by atoms with van der Waals surface area (Å²) in [5.41, 5.74) is 0.789. The van der Waals surface area contributed by atoms with E-state index in [0.717, 1.165) is 11.4 Å². The number of imidazole rings is 1. The number of aromatic amines is 2. The van der Waals surface area contributed by atoms with Crippen LogP contribution in [0.2, 0.25) is 0 Å². The van der Waals surface area contributed by atoms with Crippen molar-refractivity contribution in [3.63, 3.8) is 0 Å².